The quantitative estimate of drug-likeness (QED) is 0.830. The Balaban J connectivity index is 2.44. The Morgan fingerprint density at radius 1 is 1.17 bits per heavy atom. The standard InChI is InChI=1S/C14H10BrFN2/c1-18(14-5-3-2-4-12(14)16)13-7-6-10(9-17)8-11(13)15/h2-8H,1H3. The zero-order chi connectivity index (χ0) is 13.1. The fourth-order valence-electron chi connectivity index (χ4n) is 1.70. The van der Waals surface area contributed by atoms with Gasteiger partial charge in [0.2, 0.25) is 0 Å². The van der Waals surface area contributed by atoms with Crippen LogP contribution in [0.2, 0.25) is 0 Å². The monoisotopic (exact) mass is 304 g/mol. The van der Waals surface area contributed by atoms with Crippen LogP contribution < -0.4 is 4.90 Å². The Bertz CT molecular complexity index is 619. The summed E-state index contributed by atoms with van der Waals surface area (Å²) in [5.41, 5.74) is 1.86. The predicted octanol–water partition coefficient (Wildman–Crippen LogP) is 4.23. The zero-order valence-corrected chi connectivity index (χ0v) is 11.3. The maximum atomic E-state index is 13.7. The van der Waals surface area contributed by atoms with E-state index >= 15 is 0 Å². The van der Waals surface area contributed by atoms with Gasteiger partial charge in [0, 0.05) is 11.5 Å². The molecule has 0 amide bonds. The van der Waals surface area contributed by atoms with Crippen molar-refractivity contribution >= 4 is 27.3 Å². The zero-order valence-electron chi connectivity index (χ0n) is 9.69. The molecule has 0 saturated carbocycles. The molecular weight excluding hydrogens is 295 g/mol. The Kier molecular flexibility index (Phi) is 3.63. The Hall–Kier alpha value is -1.86. The summed E-state index contributed by atoms with van der Waals surface area (Å²) in [6.07, 6.45) is 0. The van der Waals surface area contributed by atoms with E-state index in [0.29, 0.717) is 11.3 Å². The number of rotatable bonds is 2. The third kappa shape index (κ3) is 2.36. The number of halogens is 2. The van der Waals surface area contributed by atoms with Gasteiger partial charge in [-0.05, 0) is 46.3 Å². The molecule has 0 fully saturated rings. The van der Waals surface area contributed by atoms with Crippen molar-refractivity contribution in [1.82, 2.24) is 0 Å². The van der Waals surface area contributed by atoms with Crippen LogP contribution in [-0.2, 0) is 0 Å². The second kappa shape index (κ2) is 5.19. The lowest BCUT2D eigenvalue weighted by Gasteiger charge is -2.21. The van der Waals surface area contributed by atoms with Crippen LogP contribution in [0.4, 0.5) is 15.8 Å². The molecule has 0 heterocycles. The Labute approximate surface area is 113 Å². The van der Waals surface area contributed by atoms with E-state index in [2.05, 4.69) is 22.0 Å². The summed E-state index contributed by atoms with van der Waals surface area (Å²) in [7, 11) is 1.78. The second-order valence-corrected chi connectivity index (χ2v) is 4.64. The van der Waals surface area contributed by atoms with Gasteiger partial charge >= 0.3 is 0 Å². The number of benzene rings is 2. The van der Waals surface area contributed by atoms with Crippen LogP contribution in [0.25, 0.3) is 0 Å². The number of anilines is 2. The molecule has 2 aromatic carbocycles. The third-order valence-corrected chi connectivity index (χ3v) is 3.29. The van der Waals surface area contributed by atoms with Crippen LogP contribution in [0, 0.1) is 17.1 Å². The summed E-state index contributed by atoms with van der Waals surface area (Å²) < 4.78 is 14.5. The molecule has 0 radical (unpaired) electrons. The number of hydrogen-bond acceptors (Lipinski definition) is 2. The van der Waals surface area contributed by atoms with Gasteiger partial charge in [0.1, 0.15) is 5.82 Å². The van der Waals surface area contributed by atoms with Crippen LogP contribution in [0.15, 0.2) is 46.9 Å². The molecule has 0 saturated heterocycles. The largest absolute Gasteiger partial charge is 0.341 e. The second-order valence-electron chi connectivity index (χ2n) is 3.79. The number of nitrogens with zero attached hydrogens (tertiary/aromatic N) is 2. The molecule has 4 heteroatoms. The molecule has 90 valence electrons. The first-order valence-electron chi connectivity index (χ1n) is 5.31. The summed E-state index contributed by atoms with van der Waals surface area (Å²) in [6.45, 7) is 0. The van der Waals surface area contributed by atoms with Crippen molar-refractivity contribution in [3.05, 3.63) is 58.3 Å². The number of nitriles is 1. The van der Waals surface area contributed by atoms with Crippen molar-refractivity contribution < 1.29 is 4.39 Å². The number of para-hydroxylation sites is 1. The van der Waals surface area contributed by atoms with Gasteiger partial charge in [-0.3, -0.25) is 0 Å². The first-order chi connectivity index (χ1) is 8.63. The highest BCUT2D eigenvalue weighted by molar-refractivity contribution is 9.10. The first kappa shape index (κ1) is 12.6. The van der Waals surface area contributed by atoms with Crippen molar-refractivity contribution in [3.63, 3.8) is 0 Å². The van der Waals surface area contributed by atoms with Crippen molar-refractivity contribution in [2.45, 2.75) is 0 Å². The van der Waals surface area contributed by atoms with Gasteiger partial charge in [-0.1, -0.05) is 12.1 Å². The van der Waals surface area contributed by atoms with Crippen LogP contribution in [0.1, 0.15) is 5.56 Å². The van der Waals surface area contributed by atoms with Crippen molar-refractivity contribution in [2.75, 3.05) is 11.9 Å². The summed E-state index contributed by atoms with van der Waals surface area (Å²) in [5, 5.41) is 8.81. The van der Waals surface area contributed by atoms with Crippen molar-refractivity contribution in [3.8, 4) is 6.07 Å². The molecule has 0 aliphatic rings. The molecule has 0 spiro atoms. The average molecular weight is 305 g/mol. The van der Waals surface area contributed by atoms with E-state index in [-0.39, 0.29) is 5.82 Å². The van der Waals surface area contributed by atoms with Gasteiger partial charge in [0.15, 0.2) is 0 Å². The summed E-state index contributed by atoms with van der Waals surface area (Å²) in [5.74, 6) is -0.281. The highest BCUT2D eigenvalue weighted by Gasteiger charge is 2.11. The normalized spacial score (nSPS) is 9.89. The van der Waals surface area contributed by atoms with Crippen LogP contribution in [0.3, 0.4) is 0 Å². The summed E-state index contributed by atoms with van der Waals surface area (Å²) in [4.78, 5) is 1.74. The molecule has 0 aliphatic carbocycles. The molecule has 2 aromatic rings. The Morgan fingerprint density at radius 2 is 1.89 bits per heavy atom. The van der Waals surface area contributed by atoms with E-state index in [4.69, 9.17) is 5.26 Å². The summed E-state index contributed by atoms with van der Waals surface area (Å²) in [6, 6.07) is 13.8. The van der Waals surface area contributed by atoms with E-state index in [1.54, 1.807) is 48.3 Å². The van der Waals surface area contributed by atoms with Gasteiger partial charge in [-0.2, -0.15) is 5.26 Å². The van der Waals surface area contributed by atoms with Crippen molar-refractivity contribution in [2.24, 2.45) is 0 Å². The lowest BCUT2D eigenvalue weighted by Crippen LogP contribution is -2.11. The smallest absolute Gasteiger partial charge is 0.146 e. The molecule has 18 heavy (non-hydrogen) atoms. The molecular formula is C14H10BrFN2. The van der Waals surface area contributed by atoms with E-state index in [9.17, 15) is 4.39 Å². The molecule has 0 unspecified atom stereocenters. The molecule has 0 aliphatic heterocycles. The fraction of sp³-hybridized carbons (Fsp3) is 0.0714. The summed E-state index contributed by atoms with van der Waals surface area (Å²) >= 11 is 3.40. The van der Waals surface area contributed by atoms with Gasteiger partial charge in [0.25, 0.3) is 0 Å². The van der Waals surface area contributed by atoms with Gasteiger partial charge in [-0.15, -0.1) is 0 Å². The third-order valence-electron chi connectivity index (χ3n) is 2.65. The van der Waals surface area contributed by atoms with Gasteiger partial charge in [0.05, 0.1) is 23.0 Å². The molecule has 0 aromatic heterocycles. The van der Waals surface area contributed by atoms with Crippen LogP contribution in [-0.4, -0.2) is 7.05 Å². The lowest BCUT2D eigenvalue weighted by atomic mass is 10.2. The van der Waals surface area contributed by atoms with Gasteiger partial charge in [-0.25, -0.2) is 4.39 Å². The maximum absolute atomic E-state index is 13.7. The predicted molar refractivity (Wildman–Crippen MR) is 73.3 cm³/mol. The van der Waals surface area contributed by atoms with E-state index < -0.39 is 0 Å². The average Bonchev–Trinajstić information content (AvgIpc) is 2.38. The highest BCUT2D eigenvalue weighted by atomic mass is 79.9. The fourth-order valence-corrected chi connectivity index (χ4v) is 2.35. The molecule has 0 bridgehead atoms. The molecule has 0 N–H and O–H groups in total. The lowest BCUT2D eigenvalue weighted by molar-refractivity contribution is 0.627. The van der Waals surface area contributed by atoms with E-state index in [1.165, 1.54) is 6.07 Å². The van der Waals surface area contributed by atoms with Crippen LogP contribution >= 0.6 is 15.9 Å². The molecule has 2 nitrogen and oxygen atoms in total. The molecule has 0 atom stereocenters. The maximum Gasteiger partial charge on any atom is 0.146 e. The minimum absolute atomic E-state index is 0.281. The SMILES string of the molecule is CN(c1ccccc1F)c1ccc(C#N)cc1Br. The molecule has 2 rings (SSSR count). The number of hydrogen-bond donors (Lipinski definition) is 0. The Morgan fingerprint density at radius 3 is 2.50 bits per heavy atom. The van der Waals surface area contributed by atoms with Crippen LogP contribution in [0.5, 0.6) is 0 Å². The van der Waals surface area contributed by atoms with Crippen molar-refractivity contribution in [1.29, 1.82) is 5.26 Å². The first-order valence-corrected chi connectivity index (χ1v) is 6.10. The minimum atomic E-state index is -0.281. The minimum Gasteiger partial charge on any atom is -0.341 e. The topological polar surface area (TPSA) is 27.0 Å². The van der Waals surface area contributed by atoms with E-state index in [1.807, 2.05) is 0 Å². The van der Waals surface area contributed by atoms with E-state index in [0.717, 1.165) is 10.2 Å². The highest BCUT2D eigenvalue weighted by Crippen LogP contribution is 2.32. The van der Waals surface area contributed by atoms with Gasteiger partial charge < -0.3 is 4.90 Å².